The Morgan fingerprint density at radius 1 is 1.31 bits per heavy atom. The first-order valence-corrected chi connectivity index (χ1v) is 5.48. The first-order valence-electron chi connectivity index (χ1n) is 5.48. The summed E-state index contributed by atoms with van der Waals surface area (Å²) in [7, 11) is 0. The van der Waals surface area contributed by atoms with Crippen molar-refractivity contribution in [2.24, 2.45) is 0 Å². The lowest BCUT2D eigenvalue weighted by atomic mass is 9.97. The third-order valence-corrected chi connectivity index (χ3v) is 2.70. The predicted molar refractivity (Wildman–Crippen MR) is 64.6 cm³/mol. The van der Waals surface area contributed by atoms with E-state index >= 15 is 0 Å². The number of carbonyl (C=O) groups is 1. The number of carboxylic acid groups (broad SMARTS) is 1. The highest BCUT2D eigenvalue weighted by Gasteiger charge is 2.22. The molecule has 0 spiro atoms. The molecule has 1 rings (SSSR count). The van der Waals surface area contributed by atoms with Crippen molar-refractivity contribution in [3.8, 4) is 0 Å². The Morgan fingerprint density at radius 2 is 1.94 bits per heavy atom. The van der Waals surface area contributed by atoms with Crippen molar-refractivity contribution in [1.29, 1.82) is 0 Å². The quantitative estimate of drug-likeness (QED) is 0.821. The van der Waals surface area contributed by atoms with E-state index in [1.54, 1.807) is 0 Å². The lowest BCUT2D eigenvalue weighted by molar-refractivity contribution is -0.139. The maximum Gasteiger partial charge on any atom is 0.325 e. The maximum atomic E-state index is 11.2. The second kappa shape index (κ2) is 5.12. The van der Waals surface area contributed by atoms with Crippen LogP contribution in [-0.4, -0.2) is 17.1 Å². The molecule has 1 aromatic carbocycles. The van der Waals surface area contributed by atoms with Gasteiger partial charge >= 0.3 is 5.97 Å². The lowest BCUT2D eigenvalue weighted by Gasteiger charge is -2.20. The molecule has 0 bridgehead atoms. The van der Waals surface area contributed by atoms with Gasteiger partial charge in [-0.1, -0.05) is 18.2 Å². The molecule has 2 N–H and O–H groups in total. The molecule has 0 heterocycles. The number of aliphatic carboxylic acids is 1. The zero-order valence-electron chi connectivity index (χ0n) is 10.2. The van der Waals surface area contributed by atoms with Crippen molar-refractivity contribution in [2.75, 3.05) is 0 Å². The molecule has 1 unspecified atom stereocenters. The number of hydrogen-bond donors (Lipinski definition) is 2. The van der Waals surface area contributed by atoms with Crippen LogP contribution in [0.3, 0.4) is 0 Å². The van der Waals surface area contributed by atoms with Crippen LogP contribution < -0.4 is 5.32 Å². The summed E-state index contributed by atoms with van der Waals surface area (Å²) in [4.78, 5) is 11.2. The summed E-state index contributed by atoms with van der Waals surface area (Å²) in [5, 5.41) is 12.3. The molecule has 0 amide bonds. The van der Waals surface area contributed by atoms with Gasteiger partial charge in [-0.05, 0) is 44.4 Å². The Labute approximate surface area is 96.5 Å². The number of aryl methyl sites for hydroxylation is 1. The van der Waals surface area contributed by atoms with Gasteiger partial charge in [-0.15, -0.1) is 0 Å². The van der Waals surface area contributed by atoms with Crippen LogP contribution in [0.25, 0.3) is 0 Å². The van der Waals surface area contributed by atoms with E-state index in [4.69, 9.17) is 0 Å². The summed E-state index contributed by atoms with van der Waals surface area (Å²) in [5.74, 6) is -0.831. The minimum absolute atomic E-state index is 0.140. The van der Waals surface area contributed by atoms with Crippen LogP contribution >= 0.6 is 0 Å². The number of benzene rings is 1. The number of rotatable bonds is 4. The number of nitrogens with one attached hydrogen (secondary N) is 1. The summed E-state index contributed by atoms with van der Waals surface area (Å²) in [6, 6.07) is 5.28. The molecule has 1 atom stereocenters. The third-order valence-electron chi connectivity index (χ3n) is 2.70. The van der Waals surface area contributed by atoms with Crippen molar-refractivity contribution in [1.82, 2.24) is 5.32 Å². The van der Waals surface area contributed by atoms with E-state index in [0.29, 0.717) is 0 Å². The van der Waals surface area contributed by atoms with Crippen molar-refractivity contribution in [3.05, 3.63) is 34.9 Å². The van der Waals surface area contributed by atoms with E-state index < -0.39 is 12.0 Å². The van der Waals surface area contributed by atoms with Gasteiger partial charge in [-0.2, -0.15) is 0 Å². The van der Waals surface area contributed by atoms with Crippen LogP contribution in [0.1, 0.15) is 36.6 Å². The number of hydrogen-bond acceptors (Lipinski definition) is 2. The van der Waals surface area contributed by atoms with E-state index in [0.717, 1.165) is 16.7 Å². The molecule has 0 aliphatic carbocycles. The van der Waals surface area contributed by atoms with Crippen molar-refractivity contribution >= 4 is 5.97 Å². The van der Waals surface area contributed by atoms with Gasteiger partial charge < -0.3 is 5.11 Å². The Morgan fingerprint density at radius 3 is 2.44 bits per heavy atom. The fourth-order valence-electron chi connectivity index (χ4n) is 1.71. The van der Waals surface area contributed by atoms with E-state index in [9.17, 15) is 9.90 Å². The number of carboxylic acids is 1. The highest BCUT2D eigenvalue weighted by atomic mass is 16.4. The molecule has 3 nitrogen and oxygen atoms in total. The minimum Gasteiger partial charge on any atom is -0.480 e. The molecular weight excluding hydrogens is 202 g/mol. The summed E-state index contributed by atoms with van der Waals surface area (Å²) in [5.41, 5.74) is 3.01. The van der Waals surface area contributed by atoms with E-state index in [1.807, 2.05) is 45.9 Å². The van der Waals surface area contributed by atoms with Gasteiger partial charge in [-0.25, -0.2) is 0 Å². The minimum atomic E-state index is -0.831. The zero-order valence-corrected chi connectivity index (χ0v) is 10.2. The Hall–Kier alpha value is -1.35. The molecule has 0 saturated carbocycles. The second-order valence-electron chi connectivity index (χ2n) is 4.38. The van der Waals surface area contributed by atoms with Crippen molar-refractivity contribution in [2.45, 2.75) is 39.8 Å². The van der Waals surface area contributed by atoms with Crippen LogP contribution in [0.5, 0.6) is 0 Å². The molecule has 0 saturated heterocycles. The molecule has 16 heavy (non-hydrogen) atoms. The Kier molecular flexibility index (Phi) is 4.07. The van der Waals surface area contributed by atoms with E-state index in [2.05, 4.69) is 5.32 Å². The van der Waals surface area contributed by atoms with Crippen molar-refractivity contribution < 1.29 is 9.90 Å². The zero-order chi connectivity index (χ0) is 12.3. The maximum absolute atomic E-state index is 11.2. The highest BCUT2D eigenvalue weighted by Crippen LogP contribution is 2.21. The van der Waals surface area contributed by atoms with Crippen LogP contribution in [0.2, 0.25) is 0 Å². The second-order valence-corrected chi connectivity index (χ2v) is 4.38. The first-order chi connectivity index (χ1) is 7.43. The summed E-state index contributed by atoms with van der Waals surface area (Å²) in [6.07, 6.45) is 0. The van der Waals surface area contributed by atoms with Crippen LogP contribution in [0, 0.1) is 13.8 Å². The fraction of sp³-hybridized carbons (Fsp3) is 0.462. The van der Waals surface area contributed by atoms with E-state index in [1.165, 1.54) is 0 Å². The third kappa shape index (κ3) is 2.83. The van der Waals surface area contributed by atoms with Gasteiger partial charge in [0, 0.05) is 6.04 Å². The predicted octanol–water partition coefficient (Wildman–Crippen LogP) is 2.43. The molecule has 1 aromatic rings. The normalized spacial score (nSPS) is 12.8. The monoisotopic (exact) mass is 221 g/mol. The average molecular weight is 221 g/mol. The van der Waals surface area contributed by atoms with Crippen LogP contribution in [0.15, 0.2) is 18.2 Å². The highest BCUT2D eigenvalue weighted by molar-refractivity contribution is 5.76. The van der Waals surface area contributed by atoms with Crippen LogP contribution in [0.4, 0.5) is 0 Å². The first kappa shape index (κ1) is 12.7. The molecule has 0 fully saturated rings. The van der Waals surface area contributed by atoms with Gasteiger partial charge in [0.25, 0.3) is 0 Å². The largest absolute Gasteiger partial charge is 0.480 e. The summed E-state index contributed by atoms with van der Waals surface area (Å²) < 4.78 is 0. The van der Waals surface area contributed by atoms with Gasteiger partial charge in [0.2, 0.25) is 0 Å². The molecule has 0 aromatic heterocycles. The SMILES string of the molecule is Cc1cccc(C(NC(C)C)C(=O)O)c1C. The molecule has 0 aliphatic heterocycles. The summed E-state index contributed by atoms with van der Waals surface area (Å²) in [6.45, 7) is 7.85. The van der Waals surface area contributed by atoms with Gasteiger partial charge in [0.1, 0.15) is 6.04 Å². The average Bonchev–Trinajstić information content (AvgIpc) is 2.18. The molecule has 3 heteroatoms. The topological polar surface area (TPSA) is 49.3 Å². The van der Waals surface area contributed by atoms with E-state index in [-0.39, 0.29) is 6.04 Å². The smallest absolute Gasteiger partial charge is 0.325 e. The fourth-order valence-corrected chi connectivity index (χ4v) is 1.71. The molecule has 0 aliphatic rings. The molecule has 88 valence electrons. The van der Waals surface area contributed by atoms with Crippen molar-refractivity contribution in [3.63, 3.8) is 0 Å². The lowest BCUT2D eigenvalue weighted by Crippen LogP contribution is -2.34. The van der Waals surface area contributed by atoms with Gasteiger partial charge in [0.05, 0.1) is 0 Å². The standard InChI is InChI=1S/C13H19NO2/c1-8(2)14-12(13(15)16)11-7-5-6-9(3)10(11)4/h5-8,12,14H,1-4H3,(H,15,16). The van der Waals surface area contributed by atoms with Gasteiger partial charge in [-0.3, -0.25) is 10.1 Å². The molecule has 0 radical (unpaired) electrons. The van der Waals surface area contributed by atoms with Gasteiger partial charge in [0.15, 0.2) is 0 Å². The molecular formula is C13H19NO2. The Bertz CT molecular complexity index is 386. The Balaban J connectivity index is 3.11. The van der Waals surface area contributed by atoms with Crippen LogP contribution in [-0.2, 0) is 4.79 Å². The summed E-state index contributed by atoms with van der Waals surface area (Å²) >= 11 is 0.